The molecule has 3 aromatic rings. The Labute approximate surface area is 169 Å². The number of carbonyl (C=O) groups excluding carboxylic acids is 2. The molecular formula is C20H14ClN3O3S. The van der Waals surface area contributed by atoms with E-state index in [0.717, 1.165) is 16.9 Å². The van der Waals surface area contributed by atoms with Crippen LogP contribution in [0.25, 0.3) is 5.76 Å². The molecule has 1 fully saturated rings. The summed E-state index contributed by atoms with van der Waals surface area (Å²) in [5, 5.41) is 19.4. The number of carbonyl (C=O) groups is 2. The lowest BCUT2D eigenvalue weighted by molar-refractivity contribution is -0.132. The van der Waals surface area contributed by atoms with Gasteiger partial charge in [-0.2, -0.15) is 0 Å². The molecule has 1 atom stereocenters. The highest BCUT2D eigenvalue weighted by molar-refractivity contribution is 7.13. The highest BCUT2D eigenvalue weighted by Crippen LogP contribution is 2.42. The Hall–Kier alpha value is -3.03. The molecule has 0 unspecified atom stereocenters. The Morgan fingerprint density at radius 1 is 1.18 bits per heavy atom. The lowest BCUT2D eigenvalue weighted by Crippen LogP contribution is -2.29. The number of halogens is 1. The standard InChI is InChI=1S/C20H14ClN3O3S/c1-11-5-7-12(8-6-11)17(25)15-16(13-3-2-4-14(21)9-13)24(19(27)18(15)26)20-23-22-10-28-20/h2-10,16,25H,1H3/t16-/m1/s1. The van der Waals surface area contributed by atoms with E-state index >= 15 is 0 Å². The summed E-state index contributed by atoms with van der Waals surface area (Å²) in [4.78, 5) is 26.9. The van der Waals surface area contributed by atoms with Crippen LogP contribution in [0.3, 0.4) is 0 Å². The zero-order chi connectivity index (χ0) is 19.8. The summed E-state index contributed by atoms with van der Waals surface area (Å²) >= 11 is 7.27. The molecule has 2 aromatic carbocycles. The summed E-state index contributed by atoms with van der Waals surface area (Å²) in [6.45, 7) is 1.92. The zero-order valence-corrected chi connectivity index (χ0v) is 16.2. The number of hydrogen-bond acceptors (Lipinski definition) is 6. The van der Waals surface area contributed by atoms with Crippen LogP contribution in [0.2, 0.25) is 5.02 Å². The molecule has 0 radical (unpaired) electrons. The second kappa shape index (κ2) is 7.18. The summed E-state index contributed by atoms with van der Waals surface area (Å²) in [6.07, 6.45) is 0. The van der Waals surface area contributed by atoms with Crippen molar-refractivity contribution < 1.29 is 14.7 Å². The molecule has 4 rings (SSSR count). The molecule has 0 spiro atoms. The first kappa shape index (κ1) is 18.3. The Morgan fingerprint density at radius 2 is 1.93 bits per heavy atom. The molecule has 1 amide bonds. The van der Waals surface area contributed by atoms with E-state index in [2.05, 4.69) is 10.2 Å². The maximum atomic E-state index is 12.9. The predicted octanol–water partition coefficient (Wildman–Crippen LogP) is 4.13. The van der Waals surface area contributed by atoms with Gasteiger partial charge in [0.15, 0.2) is 0 Å². The minimum absolute atomic E-state index is 0.00804. The number of amides is 1. The number of aliphatic hydroxyl groups excluding tert-OH is 1. The normalized spacial score (nSPS) is 18.6. The zero-order valence-electron chi connectivity index (χ0n) is 14.7. The van der Waals surface area contributed by atoms with E-state index < -0.39 is 17.7 Å². The van der Waals surface area contributed by atoms with Gasteiger partial charge in [-0.25, -0.2) is 0 Å². The summed E-state index contributed by atoms with van der Waals surface area (Å²) < 4.78 is 0. The van der Waals surface area contributed by atoms with Crippen LogP contribution >= 0.6 is 22.9 Å². The first-order valence-electron chi connectivity index (χ1n) is 8.37. The highest BCUT2D eigenvalue weighted by atomic mass is 35.5. The molecule has 0 saturated carbocycles. The van der Waals surface area contributed by atoms with E-state index in [-0.39, 0.29) is 16.5 Å². The van der Waals surface area contributed by atoms with Crippen LogP contribution in [0.1, 0.15) is 22.7 Å². The number of benzene rings is 2. The fourth-order valence-corrected chi connectivity index (χ4v) is 3.94. The maximum absolute atomic E-state index is 12.9. The molecule has 140 valence electrons. The second-order valence-electron chi connectivity index (χ2n) is 6.31. The number of aryl methyl sites for hydroxylation is 1. The summed E-state index contributed by atoms with van der Waals surface area (Å²) in [5.74, 6) is -1.79. The first-order chi connectivity index (χ1) is 13.5. The van der Waals surface area contributed by atoms with Gasteiger partial charge in [0.05, 0.1) is 11.6 Å². The van der Waals surface area contributed by atoms with Crippen LogP contribution in [0.5, 0.6) is 0 Å². The third-order valence-electron chi connectivity index (χ3n) is 4.49. The molecular weight excluding hydrogens is 398 g/mol. The number of ketones is 1. The minimum Gasteiger partial charge on any atom is -0.507 e. The van der Waals surface area contributed by atoms with E-state index in [1.54, 1.807) is 36.4 Å². The lowest BCUT2D eigenvalue weighted by Gasteiger charge is -2.22. The number of anilines is 1. The average Bonchev–Trinajstić information content (AvgIpc) is 3.29. The predicted molar refractivity (Wildman–Crippen MR) is 107 cm³/mol. The quantitative estimate of drug-likeness (QED) is 0.398. The maximum Gasteiger partial charge on any atom is 0.301 e. The van der Waals surface area contributed by atoms with Gasteiger partial charge in [0.2, 0.25) is 5.13 Å². The van der Waals surface area contributed by atoms with Gasteiger partial charge in [0.1, 0.15) is 11.3 Å². The van der Waals surface area contributed by atoms with Crippen molar-refractivity contribution in [1.82, 2.24) is 10.2 Å². The highest BCUT2D eigenvalue weighted by Gasteiger charge is 2.48. The van der Waals surface area contributed by atoms with E-state index in [1.807, 2.05) is 19.1 Å². The van der Waals surface area contributed by atoms with Crippen LogP contribution in [-0.4, -0.2) is 27.0 Å². The third kappa shape index (κ3) is 3.08. The molecule has 1 aromatic heterocycles. The topological polar surface area (TPSA) is 83.4 Å². The van der Waals surface area contributed by atoms with Gasteiger partial charge in [-0.1, -0.05) is 64.9 Å². The monoisotopic (exact) mass is 411 g/mol. The van der Waals surface area contributed by atoms with E-state index in [1.165, 1.54) is 10.4 Å². The minimum atomic E-state index is -0.854. The third-order valence-corrected chi connectivity index (χ3v) is 5.41. The summed E-state index contributed by atoms with van der Waals surface area (Å²) in [6, 6.07) is 13.0. The Morgan fingerprint density at radius 3 is 2.57 bits per heavy atom. The van der Waals surface area contributed by atoms with Gasteiger partial charge in [0.25, 0.3) is 5.78 Å². The van der Waals surface area contributed by atoms with Gasteiger partial charge >= 0.3 is 5.91 Å². The molecule has 1 N–H and O–H groups in total. The van der Waals surface area contributed by atoms with E-state index in [0.29, 0.717) is 16.1 Å². The second-order valence-corrected chi connectivity index (χ2v) is 7.56. The van der Waals surface area contributed by atoms with Crippen molar-refractivity contribution in [3.05, 3.63) is 81.3 Å². The van der Waals surface area contributed by atoms with Crippen molar-refractivity contribution in [2.75, 3.05) is 4.90 Å². The molecule has 1 aliphatic rings. The van der Waals surface area contributed by atoms with Crippen molar-refractivity contribution in [3.8, 4) is 0 Å². The van der Waals surface area contributed by atoms with Crippen molar-refractivity contribution in [2.45, 2.75) is 13.0 Å². The average molecular weight is 412 g/mol. The van der Waals surface area contributed by atoms with Crippen LogP contribution in [0.4, 0.5) is 5.13 Å². The molecule has 0 aliphatic carbocycles. The summed E-state index contributed by atoms with van der Waals surface area (Å²) in [5.41, 5.74) is 3.52. The summed E-state index contributed by atoms with van der Waals surface area (Å²) in [7, 11) is 0. The molecule has 6 nitrogen and oxygen atoms in total. The van der Waals surface area contributed by atoms with E-state index in [9.17, 15) is 14.7 Å². The van der Waals surface area contributed by atoms with Crippen LogP contribution in [-0.2, 0) is 9.59 Å². The number of aliphatic hydroxyl groups is 1. The number of rotatable bonds is 3. The van der Waals surface area contributed by atoms with Gasteiger partial charge < -0.3 is 5.11 Å². The number of hydrogen-bond donors (Lipinski definition) is 1. The molecule has 8 heteroatoms. The Bertz CT molecular complexity index is 1090. The van der Waals surface area contributed by atoms with Gasteiger partial charge in [-0.15, -0.1) is 10.2 Å². The number of Topliss-reactive ketones (excluding diaryl/α,β-unsaturated/α-hetero) is 1. The smallest absolute Gasteiger partial charge is 0.301 e. The van der Waals surface area contributed by atoms with Crippen molar-refractivity contribution in [3.63, 3.8) is 0 Å². The molecule has 1 saturated heterocycles. The SMILES string of the molecule is Cc1ccc(C(O)=C2C(=O)C(=O)N(c3nncs3)[C@@H]2c2cccc(Cl)c2)cc1. The van der Waals surface area contributed by atoms with Crippen LogP contribution in [0, 0.1) is 6.92 Å². The Kier molecular flexibility index (Phi) is 4.70. The largest absolute Gasteiger partial charge is 0.507 e. The van der Waals surface area contributed by atoms with Crippen molar-refractivity contribution in [1.29, 1.82) is 0 Å². The van der Waals surface area contributed by atoms with E-state index in [4.69, 9.17) is 11.6 Å². The van der Waals surface area contributed by atoms with Crippen LogP contribution in [0.15, 0.2) is 59.6 Å². The van der Waals surface area contributed by atoms with Gasteiger partial charge in [-0.3, -0.25) is 14.5 Å². The first-order valence-corrected chi connectivity index (χ1v) is 9.63. The van der Waals surface area contributed by atoms with Gasteiger partial charge in [0, 0.05) is 10.6 Å². The fraction of sp³-hybridized carbons (Fsp3) is 0.100. The number of nitrogens with zero attached hydrogens (tertiary/aromatic N) is 3. The van der Waals surface area contributed by atoms with Gasteiger partial charge in [-0.05, 0) is 24.6 Å². The Balaban J connectivity index is 1.95. The fourth-order valence-electron chi connectivity index (χ4n) is 3.16. The van der Waals surface area contributed by atoms with Crippen molar-refractivity contribution in [2.24, 2.45) is 0 Å². The number of aromatic nitrogens is 2. The molecule has 28 heavy (non-hydrogen) atoms. The molecule has 1 aliphatic heterocycles. The molecule has 2 heterocycles. The lowest BCUT2D eigenvalue weighted by atomic mass is 9.95. The van der Waals surface area contributed by atoms with Crippen molar-refractivity contribution >= 4 is 45.5 Å². The van der Waals surface area contributed by atoms with Crippen LogP contribution < -0.4 is 4.90 Å². The molecule has 0 bridgehead atoms.